The van der Waals surface area contributed by atoms with Gasteiger partial charge in [0.1, 0.15) is 11.3 Å². The molecule has 1 heterocycles. The van der Waals surface area contributed by atoms with Gasteiger partial charge < -0.3 is 18.6 Å². The third-order valence-corrected chi connectivity index (χ3v) is 5.14. The number of furan rings is 1. The monoisotopic (exact) mass is 488 g/mol. The topological polar surface area (TPSA) is 82.3 Å². The quantitative estimate of drug-likeness (QED) is 0.315. The predicted molar refractivity (Wildman–Crippen MR) is 124 cm³/mol. The molecule has 8 heteroatoms. The lowest BCUT2D eigenvalue weighted by molar-refractivity contribution is 0.0929. The summed E-state index contributed by atoms with van der Waals surface area (Å²) in [5.74, 6) is 1.64. The maximum Gasteiger partial charge on any atom is 0.307 e. The number of halogens is 1. The van der Waals surface area contributed by atoms with Gasteiger partial charge in [0.15, 0.2) is 17.3 Å². The van der Waals surface area contributed by atoms with Crippen molar-refractivity contribution >= 4 is 39.0 Å². The van der Waals surface area contributed by atoms with Gasteiger partial charge in [0.25, 0.3) is 0 Å². The Balaban J connectivity index is 1.71. The zero-order valence-electron chi connectivity index (χ0n) is 17.9. The first-order valence-corrected chi connectivity index (χ1v) is 10.8. The summed E-state index contributed by atoms with van der Waals surface area (Å²) in [6, 6.07) is 10.7. The van der Waals surface area contributed by atoms with E-state index < -0.39 is 5.91 Å². The predicted octanol–water partition coefficient (Wildman–Crippen LogP) is 5.54. The van der Waals surface area contributed by atoms with Crippen LogP contribution in [0.4, 0.5) is 0 Å². The Kier molecular flexibility index (Phi) is 7.57. The van der Waals surface area contributed by atoms with Gasteiger partial charge in [-0.25, -0.2) is 5.43 Å². The molecule has 1 atom stereocenters. The standard InChI is InChI=1S/C23H25BrN2O5/c1-5-14(3)30-22-18(24)9-15(10-20(22)28-4)13-25-26-23(27)21-12-16-11-17(29-6-2)7-8-19(16)31-21/h7-14H,5-6H2,1-4H3,(H,26,27)/b25-13+/t14-/m0/s1. The molecule has 0 aliphatic heterocycles. The van der Waals surface area contributed by atoms with Crippen molar-refractivity contribution in [3.8, 4) is 17.2 Å². The van der Waals surface area contributed by atoms with Crippen LogP contribution in [0.3, 0.4) is 0 Å². The Morgan fingerprint density at radius 1 is 1.26 bits per heavy atom. The molecule has 0 bridgehead atoms. The van der Waals surface area contributed by atoms with Crippen LogP contribution in [0.1, 0.15) is 43.3 Å². The van der Waals surface area contributed by atoms with E-state index in [1.165, 1.54) is 6.21 Å². The number of carbonyl (C=O) groups is 1. The number of hydrogen-bond donors (Lipinski definition) is 1. The lowest BCUT2D eigenvalue weighted by Crippen LogP contribution is -2.16. The Morgan fingerprint density at radius 2 is 2.06 bits per heavy atom. The molecule has 0 unspecified atom stereocenters. The number of fused-ring (bicyclic) bond motifs is 1. The zero-order valence-corrected chi connectivity index (χ0v) is 19.5. The lowest BCUT2D eigenvalue weighted by Gasteiger charge is -2.17. The first-order valence-electron chi connectivity index (χ1n) is 9.99. The van der Waals surface area contributed by atoms with E-state index in [0.717, 1.165) is 27.6 Å². The number of carbonyl (C=O) groups excluding carboxylic acids is 1. The van der Waals surface area contributed by atoms with Gasteiger partial charge in [-0.05, 0) is 78.2 Å². The lowest BCUT2D eigenvalue weighted by atomic mass is 10.2. The Bertz CT molecular complexity index is 1090. The normalized spacial score (nSPS) is 12.2. The number of methoxy groups -OCH3 is 1. The second-order valence-corrected chi connectivity index (χ2v) is 7.67. The molecule has 0 aliphatic carbocycles. The molecule has 0 saturated heterocycles. The molecule has 3 aromatic rings. The average molecular weight is 489 g/mol. The number of benzene rings is 2. The van der Waals surface area contributed by atoms with Gasteiger partial charge in [0.05, 0.1) is 30.5 Å². The van der Waals surface area contributed by atoms with Gasteiger partial charge in [-0.15, -0.1) is 0 Å². The largest absolute Gasteiger partial charge is 0.494 e. The second kappa shape index (κ2) is 10.3. The molecule has 0 saturated carbocycles. The molecule has 0 fully saturated rings. The second-order valence-electron chi connectivity index (χ2n) is 6.81. The molecule has 164 valence electrons. The summed E-state index contributed by atoms with van der Waals surface area (Å²) >= 11 is 3.51. The average Bonchev–Trinajstić information content (AvgIpc) is 3.19. The van der Waals surface area contributed by atoms with E-state index in [0.29, 0.717) is 23.7 Å². The van der Waals surface area contributed by atoms with Crippen molar-refractivity contribution in [3.05, 3.63) is 52.2 Å². The first kappa shape index (κ1) is 22.7. The highest BCUT2D eigenvalue weighted by Crippen LogP contribution is 2.37. The third-order valence-electron chi connectivity index (χ3n) is 4.55. The number of ether oxygens (including phenoxy) is 3. The molecular formula is C23H25BrN2O5. The van der Waals surface area contributed by atoms with Crippen LogP contribution in [-0.4, -0.2) is 31.9 Å². The van der Waals surface area contributed by atoms with E-state index in [1.54, 1.807) is 31.4 Å². The summed E-state index contributed by atoms with van der Waals surface area (Å²) < 4.78 is 23.2. The third kappa shape index (κ3) is 5.58. The molecule has 0 aliphatic rings. The molecule has 1 amide bonds. The maximum absolute atomic E-state index is 12.4. The molecule has 0 radical (unpaired) electrons. The van der Waals surface area contributed by atoms with Crippen LogP contribution in [0, 0.1) is 0 Å². The van der Waals surface area contributed by atoms with Crippen LogP contribution < -0.4 is 19.6 Å². The summed E-state index contributed by atoms with van der Waals surface area (Å²) in [5, 5.41) is 4.81. The number of hydrogen-bond acceptors (Lipinski definition) is 6. The smallest absolute Gasteiger partial charge is 0.307 e. The van der Waals surface area contributed by atoms with E-state index in [-0.39, 0.29) is 11.9 Å². The van der Waals surface area contributed by atoms with E-state index >= 15 is 0 Å². The molecular weight excluding hydrogens is 464 g/mol. The number of rotatable bonds is 9. The Labute approximate surface area is 189 Å². The minimum absolute atomic E-state index is 0.0532. The van der Waals surface area contributed by atoms with Crippen LogP contribution >= 0.6 is 15.9 Å². The maximum atomic E-state index is 12.4. The van der Waals surface area contributed by atoms with Gasteiger partial charge in [0.2, 0.25) is 0 Å². The molecule has 2 aromatic carbocycles. The SMILES string of the molecule is CCOc1ccc2oc(C(=O)N/N=C/c3cc(Br)c(O[C@@H](C)CC)c(OC)c3)cc2c1. The van der Waals surface area contributed by atoms with Gasteiger partial charge in [-0.2, -0.15) is 5.10 Å². The highest BCUT2D eigenvalue weighted by molar-refractivity contribution is 9.10. The molecule has 1 N–H and O–H groups in total. The van der Waals surface area contributed by atoms with Crippen LogP contribution in [0.5, 0.6) is 17.2 Å². The van der Waals surface area contributed by atoms with Crippen molar-refractivity contribution < 1.29 is 23.4 Å². The van der Waals surface area contributed by atoms with Gasteiger partial charge >= 0.3 is 5.91 Å². The summed E-state index contributed by atoms with van der Waals surface area (Å²) in [7, 11) is 1.58. The minimum atomic E-state index is -0.451. The van der Waals surface area contributed by atoms with Gasteiger partial charge in [0, 0.05) is 5.39 Å². The van der Waals surface area contributed by atoms with Crippen LogP contribution in [0.15, 0.2) is 50.4 Å². The number of amides is 1. The zero-order chi connectivity index (χ0) is 22.4. The molecule has 1 aromatic heterocycles. The number of hydrazone groups is 1. The summed E-state index contributed by atoms with van der Waals surface area (Å²) in [6.45, 7) is 6.52. The van der Waals surface area contributed by atoms with E-state index in [9.17, 15) is 4.79 Å². The summed E-state index contributed by atoms with van der Waals surface area (Å²) in [4.78, 5) is 12.4. The Hall–Kier alpha value is -3.00. The van der Waals surface area contributed by atoms with Crippen molar-refractivity contribution in [2.45, 2.75) is 33.3 Å². The number of nitrogens with one attached hydrogen (secondary N) is 1. The van der Waals surface area contributed by atoms with Crippen LogP contribution in [-0.2, 0) is 0 Å². The summed E-state index contributed by atoms with van der Waals surface area (Å²) in [5.41, 5.74) is 3.81. The van der Waals surface area contributed by atoms with Crippen molar-refractivity contribution in [2.24, 2.45) is 5.10 Å². The van der Waals surface area contributed by atoms with E-state index in [4.69, 9.17) is 18.6 Å². The van der Waals surface area contributed by atoms with Crippen molar-refractivity contribution in [2.75, 3.05) is 13.7 Å². The van der Waals surface area contributed by atoms with Crippen molar-refractivity contribution in [1.29, 1.82) is 0 Å². The highest BCUT2D eigenvalue weighted by atomic mass is 79.9. The van der Waals surface area contributed by atoms with E-state index in [2.05, 4.69) is 33.4 Å². The van der Waals surface area contributed by atoms with Crippen LogP contribution in [0.2, 0.25) is 0 Å². The van der Waals surface area contributed by atoms with Gasteiger partial charge in [-0.3, -0.25) is 4.79 Å². The molecule has 3 rings (SSSR count). The molecule has 7 nitrogen and oxygen atoms in total. The molecule has 0 spiro atoms. The van der Waals surface area contributed by atoms with Crippen LogP contribution in [0.25, 0.3) is 11.0 Å². The highest BCUT2D eigenvalue weighted by Gasteiger charge is 2.15. The first-order chi connectivity index (χ1) is 14.9. The fourth-order valence-corrected chi connectivity index (χ4v) is 3.38. The molecule has 31 heavy (non-hydrogen) atoms. The summed E-state index contributed by atoms with van der Waals surface area (Å²) in [6.07, 6.45) is 2.45. The minimum Gasteiger partial charge on any atom is -0.494 e. The fraction of sp³-hybridized carbons (Fsp3) is 0.304. The number of nitrogens with zero attached hydrogens (tertiary/aromatic N) is 1. The van der Waals surface area contributed by atoms with E-state index in [1.807, 2.05) is 26.0 Å². The fourth-order valence-electron chi connectivity index (χ4n) is 2.82. The van der Waals surface area contributed by atoms with Gasteiger partial charge in [-0.1, -0.05) is 6.92 Å². The van der Waals surface area contributed by atoms with Crippen molar-refractivity contribution in [3.63, 3.8) is 0 Å². The van der Waals surface area contributed by atoms with Crippen molar-refractivity contribution in [1.82, 2.24) is 5.43 Å². The Morgan fingerprint density at radius 3 is 2.77 bits per heavy atom.